The summed E-state index contributed by atoms with van der Waals surface area (Å²) in [6.07, 6.45) is 9.80. The molecule has 2 N–H and O–H groups in total. The van der Waals surface area contributed by atoms with Crippen LogP contribution in [0.3, 0.4) is 0 Å². The number of hydrogen-bond acceptors (Lipinski definition) is 5. The van der Waals surface area contributed by atoms with Crippen LogP contribution in [0.2, 0.25) is 0 Å². The first-order valence-corrected chi connectivity index (χ1v) is 14.1. The van der Waals surface area contributed by atoms with E-state index in [1.54, 1.807) is 19.2 Å². The molecule has 33 heavy (non-hydrogen) atoms. The Hall–Kier alpha value is -2.09. The molecule has 0 unspecified atom stereocenters. The number of amides is 2. The largest absolute Gasteiger partial charge is 0.497 e. The topological polar surface area (TPSA) is 102 Å². The second kappa shape index (κ2) is 12.4. The van der Waals surface area contributed by atoms with E-state index in [0.717, 1.165) is 75.5 Å². The molecule has 0 heterocycles. The van der Waals surface area contributed by atoms with E-state index in [1.807, 2.05) is 12.1 Å². The zero-order chi connectivity index (χ0) is 23.7. The molecule has 3 rings (SSSR count). The summed E-state index contributed by atoms with van der Waals surface area (Å²) in [5.74, 6) is -0.186. The summed E-state index contributed by atoms with van der Waals surface area (Å²) in [4.78, 5) is 25.8. The Morgan fingerprint density at radius 3 is 2.18 bits per heavy atom. The molecule has 184 valence electrons. The third kappa shape index (κ3) is 8.32. The lowest BCUT2D eigenvalue weighted by Gasteiger charge is -2.26. The Balaban J connectivity index is 1.64. The standard InChI is InChI=1S/C25H38N2O5S/c1-32-22-14-12-19(13-15-22)16-26-25(29)23(27-24(28)21-10-6-3-7-11-21)18-33(30,31)17-20-8-4-2-5-9-20/h12-15,20-21,23H,2-11,16-18H2,1H3,(H,26,29)(H,27,28)/t23-/m0/s1. The first-order valence-electron chi connectivity index (χ1n) is 12.3. The van der Waals surface area contributed by atoms with Gasteiger partial charge in [0.15, 0.2) is 9.84 Å². The third-order valence-electron chi connectivity index (χ3n) is 6.87. The summed E-state index contributed by atoms with van der Waals surface area (Å²) in [5, 5.41) is 5.60. The zero-order valence-electron chi connectivity index (χ0n) is 19.7. The summed E-state index contributed by atoms with van der Waals surface area (Å²) in [6.45, 7) is 0.251. The molecule has 0 aromatic heterocycles. The van der Waals surface area contributed by atoms with Crippen LogP contribution in [0.15, 0.2) is 24.3 Å². The van der Waals surface area contributed by atoms with Crippen LogP contribution < -0.4 is 15.4 Å². The molecular formula is C25H38N2O5S. The van der Waals surface area contributed by atoms with Gasteiger partial charge in [0.2, 0.25) is 11.8 Å². The van der Waals surface area contributed by atoms with Gasteiger partial charge in [-0.05, 0) is 49.3 Å². The van der Waals surface area contributed by atoms with Crippen LogP contribution in [-0.2, 0) is 26.0 Å². The van der Waals surface area contributed by atoms with E-state index >= 15 is 0 Å². The molecule has 2 fully saturated rings. The summed E-state index contributed by atoms with van der Waals surface area (Å²) in [5.41, 5.74) is 0.867. The van der Waals surface area contributed by atoms with Crippen molar-refractivity contribution < 1.29 is 22.7 Å². The lowest BCUT2D eigenvalue weighted by molar-refractivity contribution is -0.131. The zero-order valence-corrected chi connectivity index (χ0v) is 20.5. The highest BCUT2D eigenvalue weighted by Gasteiger charge is 2.31. The monoisotopic (exact) mass is 478 g/mol. The minimum absolute atomic E-state index is 0.0918. The molecule has 8 heteroatoms. The molecule has 2 amide bonds. The predicted molar refractivity (Wildman–Crippen MR) is 129 cm³/mol. The quantitative estimate of drug-likeness (QED) is 0.537. The van der Waals surface area contributed by atoms with Crippen molar-refractivity contribution in [3.8, 4) is 5.75 Å². The maximum absolute atomic E-state index is 13.0. The van der Waals surface area contributed by atoms with E-state index in [0.29, 0.717) is 0 Å². The van der Waals surface area contributed by atoms with Gasteiger partial charge in [0.05, 0.1) is 18.6 Å². The number of nitrogens with one attached hydrogen (secondary N) is 2. The lowest BCUT2D eigenvalue weighted by Crippen LogP contribution is -2.52. The van der Waals surface area contributed by atoms with Crippen molar-refractivity contribution in [1.82, 2.24) is 10.6 Å². The van der Waals surface area contributed by atoms with Crippen molar-refractivity contribution in [1.29, 1.82) is 0 Å². The summed E-state index contributed by atoms with van der Waals surface area (Å²) >= 11 is 0. The van der Waals surface area contributed by atoms with Gasteiger partial charge in [-0.25, -0.2) is 8.42 Å². The van der Waals surface area contributed by atoms with Crippen LogP contribution in [0, 0.1) is 11.8 Å². The fourth-order valence-corrected chi connectivity index (χ4v) is 6.86. The summed E-state index contributed by atoms with van der Waals surface area (Å²) < 4.78 is 31.1. The number of carbonyl (C=O) groups is 2. The summed E-state index contributed by atoms with van der Waals surface area (Å²) in [7, 11) is -1.90. The first kappa shape index (κ1) is 25.5. The maximum Gasteiger partial charge on any atom is 0.243 e. The highest BCUT2D eigenvalue weighted by Crippen LogP contribution is 2.26. The second-order valence-corrected chi connectivity index (χ2v) is 11.7. The van der Waals surface area contributed by atoms with Crippen LogP contribution in [0.5, 0.6) is 5.75 Å². The fourth-order valence-electron chi connectivity index (χ4n) is 4.93. The van der Waals surface area contributed by atoms with E-state index in [1.165, 1.54) is 0 Å². The Labute approximate surface area is 198 Å². The number of methoxy groups -OCH3 is 1. The number of rotatable bonds is 10. The van der Waals surface area contributed by atoms with Crippen LogP contribution >= 0.6 is 0 Å². The van der Waals surface area contributed by atoms with Gasteiger partial charge >= 0.3 is 0 Å². The van der Waals surface area contributed by atoms with Crippen LogP contribution in [-0.4, -0.2) is 44.9 Å². The van der Waals surface area contributed by atoms with Crippen molar-refractivity contribution in [2.24, 2.45) is 11.8 Å². The summed E-state index contributed by atoms with van der Waals surface area (Å²) in [6, 6.07) is 6.21. The van der Waals surface area contributed by atoms with Gasteiger partial charge in [-0.3, -0.25) is 9.59 Å². The van der Waals surface area contributed by atoms with Gasteiger partial charge in [-0.15, -0.1) is 0 Å². The maximum atomic E-state index is 13.0. The average Bonchev–Trinajstić information content (AvgIpc) is 2.83. The minimum atomic E-state index is -3.49. The number of ether oxygens (including phenoxy) is 1. The van der Waals surface area contributed by atoms with Gasteiger partial charge in [-0.2, -0.15) is 0 Å². The average molecular weight is 479 g/mol. The SMILES string of the molecule is COc1ccc(CNC(=O)[C@H](CS(=O)(=O)CC2CCCCC2)NC(=O)C2CCCCC2)cc1. The predicted octanol–water partition coefficient (Wildman–Crippen LogP) is 3.37. The molecule has 7 nitrogen and oxygen atoms in total. The van der Waals surface area contributed by atoms with Crippen LogP contribution in [0.4, 0.5) is 0 Å². The normalized spacial score (nSPS) is 18.9. The third-order valence-corrected chi connectivity index (χ3v) is 8.69. The fraction of sp³-hybridized carbons (Fsp3) is 0.680. The molecule has 1 atom stereocenters. The lowest BCUT2D eigenvalue weighted by atomic mass is 9.88. The van der Waals surface area contributed by atoms with E-state index < -0.39 is 21.8 Å². The molecule has 1 aromatic rings. The number of hydrogen-bond donors (Lipinski definition) is 2. The number of benzene rings is 1. The van der Waals surface area contributed by atoms with Gasteiger partial charge < -0.3 is 15.4 Å². The highest BCUT2D eigenvalue weighted by molar-refractivity contribution is 7.91. The Bertz CT molecular complexity index is 873. The van der Waals surface area contributed by atoms with Gasteiger partial charge in [0, 0.05) is 12.5 Å². The molecule has 0 bridgehead atoms. The van der Waals surface area contributed by atoms with Gasteiger partial charge in [0.25, 0.3) is 0 Å². The van der Waals surface area contributed by atoms with Gasteiger partial charge in [-0.1, -0.05) is 50.7 Å². The smallest absolute Gasteiger partial charge is 0.243 e. The van der Waals surface area contributed by atoms with E-state index in [9.17, 15) is 18.0 Å². The first-order chi connectivity index (χ1) is 15.9. The van der Waals surface area contributed by atoms with Crippen molar-refractivity contribution >= 4 is 21.7 Å². The number of sulfone groups is 1. The van der Waals surface area contributed by atoms with Crippen molar-refractivity contribution in [3.63, 3.8) is 0 Å². The molecule has 0 saturated heterocycles. The van der Waals surface area contributed by atoms with Crippen LogP contribution in [0.1, 0.15) is 69.8 Å². The van der Waals surface area contributed by atoms with Gasteiger partial charge in [0.1, 0.15) is 11.8 Å². The molecule has 2 aliphatic rings. The highest BCUT2D eigenvalue weighted by atomic mass is 32.2. The van der Waals surface area contributed by atoms with Crippen LogP contribution in [0.25, 0.3) is 0 Å². The molecule has 0 radical (unpaired) electrons. The molecule has 0 spiro atoms. The second-order valence-electron chi connectivity index (χ2n) is 9.54. The molecule has 2 aliphatic carbocycles. The Morgan fingerprint density at radius 1 is 0.970 bits per heavy atom. The van der Waals surface area contributed by atoms with Crippen molar-refractivity contribution in [2.75, 3.05) is 18.6 Å². The Kier molecular flexibility index (Phi) is 9.59. The molecular weight excluding hydrogens is 440 g/mol. The Morgan fingerprint density at radius 2 is 1.58 bits per heavy atom. The van der Waals surface area contributed by atoms with E-state index in [4.69, 9.17) is 4.74 Å². The van der Waals surface area contributed by atoms with Crippen molar-refractivity contribution in [2.45, 2.75) is 76.8 Å². The molecule has 1 aromatic carbocycles. The molecule has 0 aliphatic heterocycles. The molecule has 2 saturated carbocycles. The van der Waals surface area contributed by atoms with E-state index in [-0.39, 0.29) is 35.8 Å². The number of carbonyl (C=O) groups excluding carboxylic acids is 2. The van der Waals surface area contributed by atoms with Crippen molar-refractivity contribution in [3.05, 3.63) is 29.8 Å². The minimum Gasteiger partial charge on any atom is -0.497 e. The van der Waals surface area contributed by atoms with E-state index in [2.05, 4.69) is 10.6 Å².